The number of hydrogen-bond acceptors (Lipinski definition) is 3. The number of fused-ring (bicyclic) bond motifs is 1. The third-order valence-corrected chi connectivity index (χ3v) is 5.21. The van der Waals surface area contributed by atoms with Gasteiger partial charge in [-0.05, 0) is 48.6 Å². The first-order chi connectivity index (χ1) is 12.7. The zero-order chi connectivity index (χ0) is 19.8. The second kappa shape index (κ2) is 7.49. The molecule has 1 aromatic carbocycles. The van der Waals surface area contributed by atoms with Crippen LogP contribution in [0.5, 0.6) is 5.75 Å². The van der Waals surface area contributed by atoms with Crippen LogP contribution in [0.4, 0.5) is 0 Å². The highest BCUT2D eigenvalue weighted by molar-refractivity contribution is 5.99. The fourth-order valence-electron chi connectivity index (χ4n) is 4.38. The van der Waals surface area contributed by atoms with Gasteiger partial charge in [0.25, 0.3) is 0 Å². The Hall–Kier alpha value is -2.10. The minimum absolute atomic E-state index is 0.246. The van der Waals surface area contributed by atoms with Crippen molar-refractivity contribution in [1.29, 1.82) is 0 Å². The lowest BCUT2D eigenvalue weighted by molar-refractivity contribution is 0.0951. The van der Waals surface area contributed by atoms with E-state index < -0.39 is 0 Å². The van der Waals surface area contributed by atoms with E-state index in [9.17, 15) is 4.79 Å². The van der Waals surface area contributed by atoms with E-state index in [2.05, 4.69) is 34.6 Å². The van der Waals surface area contributed by atoms with Crippen LogP contribution >= 0.6 is 0 Å². The Balaban J connectivity index is 2.03. The molecule has 1 aliphatic carbocycles. The molecule has 1 heterocycles. The summed E-state index contributed by atoms with van der Waals surface area (Å²) in [6, 6.07) is 7.92. The number of nitrogens with zero attached hydrogens (tertiary/aromatic N) is 2. The number of rotatable bonds is 5. The molecule has 0 aliphatic heterocycles. The summed E-state index contributed by atoms with van der Waals surface area (Å²) >= 11 is 0. The maximum Gasteiger partial charge on any atom is 0.166 e. The SMILES string of the molecule is COc1cccc(-n2nc(CC(C)CC(C)(C)C)c3c2CC(C)CC3=O)c1. The van der Waals surface area contributed by atoms with E-state index in [4.69, 9.17) is 9.84 Å². The Morgan fingerprint density at radius 1 is 1.30 bits per heavy atom. The van der Waals surface area contributed by atoms with E-state index >= 15 is 0 Å². The Kier molecular flexibility index (Phi) is 5.45. The van der Waals surface area contributed by atoms with Gasteiger partial charge >= 0.3 is 0 Å². The van der Waals surface area contributed by atoms with Gasteiger partial charge in [-0.15, -0.1) is 0 Å². The van der Waals surface area contributed by atoms with Gasteiger partial charge in [0, 0.05) is 12.5 Å². The van der Waals surface area contributed by atoms with Crippen molar-refractivity contribution >= 4 is 5.78 Å². The fourth-order valence-corrected chi connectivity index (χ4v) is 4.38. The largest absolute Gasteiger partial charge is 0.497 e. The maximum absolute atomic E-state index is 12.9. The molecule has 2 aromatic rings. The summed E-state index contributed by atoms with van der Waals surface area (Å²) < 4.78 is 7.36. The molecule has 146 valence electrons. The van der Waals surface area contributed by atoms with E-state index in [1.54, 1.807) is 7.11 Å². The monoisotopic (exact) mass is 368 g/mol. The normalized spacial score (nSPS) is 18.3. The first-order valence-electron chi connectivity index (χ1n) is 9.96. The lowest BCUT2D eigenvalue weighted by atomic mass is 9.81. The number of ether oxygens (including phenoxy) is 1. The third-order valence-electron chi connectivity index (χ3n) is 5.21. The van der Waals surface area contributed by atoms with Crippen molar-refractivity contribution in [3.05, 3.63) is 41.2 Å². The van der Waals surface area contributed by atoms with Crippen LogP contribution in [0, 0.1) is 17.3 Å². The van der Waals surface area contributed by atoms with Crippen LogP contribution in [-0.4, -0.2) is 22.7 Å². The predicted octanol–water partition coefficient (Wildman–Crippen LogP) is 5.26. The van der Waals surface area contributed by atoms with E-state index in [1.165, 1.54) is 0 Å². The van der Waals surface area contributed by atoms with Crippen molar-refractivity contribution in [1.82, 2.24) is 9.78 Å². The molecule has 2 unspecified atom stereocenters. The smallest absolute Gasteiger partial charge is 0.166 e. The lowest BCUT2D eigenvalue weighted by Gasteiger charge is -2.23. The average molecular weight is 369 g/mol. The highest BCUT2D eigenvalue weighted by Gasteiger charge is 2.31. The zero-order valence-corrected chi connectivity index (χ0v) is 17.5. The minimum atomic E-state index is 0.246. The first-order valence-corrected chi connectivity index (χ1v) is 9.96. The number of ketones is 1. The summed E-state index contributed by atoms with van der Waals surface area (Å²) in [6.07, 6.45) is 3.46. The molecule has 1 aromatic heterocycles. The molecular formula is C23H32N2O2. The second-order valence-electron chi connectivity index (χ2n) is 9.39. The van der Waals surface area contributed by atoms with Crippen LogP contribution in [0.2, 0.25) is 0 Å². The summed E-state index contributed by atoms with van der Waals surface area (Å²) in [6.45, 7) is 11.2. The minimum Gasteiger partial charge on any atom is -0.497 e. The van der Waals surface area contributed by atoms with Gasteiger partial charge in [-0.1, -0.05) is 40.7 Å². The molecule has 0 fully saturated rings. The average Bonchev–Trinajstić information content (AvgIpc) is 2.91. The number of Topliss-reactive ketones (excluding diaryl/α,β-unsaturated/α-hetero) is 1. The number of carbonyl (C=O) groups excluding carboxylic acids is 1. The Morgan fingerprint density at radius 3 is 2.70 bits per heavy atom. The highest BCUT2D eigenvalue weighted by atomic mass is 16.5. The quantitative estimate of drug-likeness (QED) is 0.723. The van der Waals surface area contributed by atoms with Gasteiger partial charge in [-0.3, -0.25) is 4.79 Å². The number of aromatic nitrogens is 2. The highest BCUT2D eigenvalue weighted by Crippen LogP contribution is 2.33. The van der Waals surface area contributed by atoms with Crippen molar-refractivity contribution in [3.8, 4) is 11.4 Å². The number of methoxy groups -OCH3 is 1. The van der Waals surface area contributed by atoms with Crippen LogP contribution in [0.25, 0.3) is 5.69 Å². The van der Waals surface area contributed by atoms with E-state index in [1.807, 2.05) is 28.9 Å². The number of benzene rings is 1. The van der Waals surface area contributed by atoms with E-state index in [0.29, 0.717) is 18.3 Å². The summed E-state index contributed by atoms with van der Waals surface area (Å²) in [5, 5.41) is 4.93. The molecule has 3 rings (SSSR count). The van der Waals surface area contributed by atoms with Gasteiger partial charge in [0.1, 0.15) is 5.75 Å². The molecule has 0 N–H and O–H groups in total. The van der Waals surface area contributed by atoms with Gasteiger partial charge in [0.15, 0.2) is 5.78 Å². The second-order valence-corrected chi connectivity index (χ2v) is 9.39. The van der Waals surface area contributed by atoms with Gasteiger partial charge in [0.05, 0.1) is 29.7 Å². The Morgan fingerprint density at radius 2 is 2.04 bits per heavy atom. The molecule has 27 heavy (non-hydrogen) atoms. The van der Waals surface area contributed by atoms with Crippen LogP contribution in [0.1, 0.15) is 69.2 Å². The zero-order valence-electron chi connectivity index (χ0n) is 17.5. The fraction of sp³-hybridized carbons (Fsp3) is 0.565. The Bertz CT molecular complexity index is 829. The maximum atomic E-state index is 12.9. The molecule has 0 bridgehead atoms. The molecule has 2 atom stereocenters. The Labute approximate surface area is 162 Å². The third kappa shape index (κ3) is 4.42. The topological polar surface area (TPSA) is 44.1 Å². The first kappa shape index (κ1) is 19.7. The number of hydrogen-bond donors (Lipinski definition) is 0. The van der Waals surface area contributed by atoms with Crippen LogP contribution < -0.4 is 4.74 Å². The molecule has 0 radical (unpaired) electrons. The van der Waals surface area contributed by atoms with Crippen molar-refractivity contribution in [3.63, 3.8) is 0 Å². The van der Waals surface area contributed by atoms with E-state index in [0.717, 1.165) is 47.7 Å². The van der Waals surface area contributed by atoms with Gasteiger partial charge in [-0.25, -0.2) is 4.68 Å². The van der Waals surface area contributed by atoms with Gasteiger partial charge in [0.2, 0.25) is 0 Å². The number of carbonyl (C=O) groups is 1. The summed E-state index contributed by atoms with van der Waals surface area (Å²) in [7, 11) is 1.67. The van der Waals surface area contributed by atoms with Crippen molar-refractivity contribution < 1.29 is 9.53 Å². The molecular weight excluding hydrogens is 336 g/mol. The lowest BCUT2D eigenvalue weighted by Crippen LogP contribution is -2.20. The van der Waals surface area contributed by atoms with Crippen LogP contribution in [-0.2, 0) is 12.8 Å². The standard InChI is InChI=1S/C23H32N2O2/c1-15-11-20-22(21(26)12-15)19(10-16(2)14-23(3,4)5)24-25(20)17-8-7-9-18(13-17)27-6/h7-9,13,15-16H,10-12,14H2,1-6H3. The molecule has 0 saturated carbocycles. The molecule has 0 spiro atoms. The van der Waals surface area contributed by atoms with Crippen molar-refractivity contribution in [2.45, 2.75) is 60.3 Å². The van der Waals surface area contributed by atoms with Crippen LogP contribution in [0.3, 0.4) is 0 Å². The molecule has 0 saturated heterocycles. The predicted molar refractivity (Wildman–Crippen MR) is 109 cm³/mol. The molecule has 0 amide bonds. The summed E-state index contributed by atoms with van der Waals surface area (Å²) in [4.78, 5) is 12.9. The van der Waals surface area contributed by atoms with Crippen molar-refractivity contribution in [2.24, 2.45) is 17.3 Å². The summed E-state index contributed by atoms with van der Waals surface area (Å²) in [5.41, 5.74) is 4.12. The molecule has 1 aliphatic rings. The van der Waals surface area contributed by atoms with Crippen molar-refractivity contribution in [2.75, 3.05) is 7.11 Å². The van der Waals surface area contributed by atoms with E-state index in [-0.39, 0.29) is 11.2 Å². The van der Waals surface area contributed by atoms with Gasteiger partial charge < -0.3 is 4.74 Å². The van der Waals surface area contributed by atoms with Crippen LogP contribution in [0.15, 0.2) is 24.3 Å². The summed E-state index contributed by atoms with van der Waals surface area (Å²) in [5.74, 6) is 1.88. The molecule has 4 heteroatoms. The molecule has 4 nitrogen and oxygen atoms in total. The van der Waals surface area contributed by atoms with Gasteiger partial charge in [-0.2, -0.15) is 5.10 Å².